The van der Waals surface area contributed by atoms with Crippen LogP contribution < -0.4 is 30.0 Å². The van der Waals surface area contributed by atoms with Gasteiger partial charge in [0.05, 0.1) is 41.2 Å². The zero-order valence-corrected chi connectivity index (χ0v) is 38.6. The average Bonchev–Trinajstić information content (AvgIpc) is 3.31. The standard InChI is InChI=1S/C55H68N2O8/c1-4-7-10-13-16-19-34-62-40-26-30-42(31-27-40)64-46-36-44(56)48-50(52(46)58)55(61)49-45(57-39-24-22-38(23-25-39)21-18-15-12-9-6-3)37-47(53(59)51(49)54(48)60)65-43-32-28-41(29-33-43)63-35-20-17-14-11-8-5-2/h22-33,36-37,57-59H,4-21,34-35,56H2,1-3H3. The van der Waals surface area contributed by atoms with Crippen molar-refractivity contribution in [3.8, 4) is 46.0 Å². The van der Waals surface area contributed by atoms with Gasteiger partial charge in [0.2, 0.25) is 11.6 Å². The van der Waals surface area contributed by atoms with Gasteiger partial charge in [-0.3, -0.25) is 9.59 Å². The lowest BCUT2D eigenvalue weighted by Gasteiger charge is -2.25. The number of rotatable bonds is 28. The minimum Gasteiger partial charge on any atom is -0.504 e. The predicted molar refractivity (Wildman–Crippen MR) is 260 cm³/mol. The van der Waals surface area contributed by atoms with Crippen LogP contribution in [-0.4, -0.2) is 35.0 Å². The van der Waals surface area contributed by atoms with Crippen LogP contribution in [0.15, 0.2) is 84.9 Å². The molecule has 6 rings (SSSR count). The fourth-order valence-electron chi connectivity index (χ4n) is 8.19. The molecule has 0 saturated heterocycles. The quantitative estimate of drug-likeness (QED) is 0.0213. The largest absolute Gasteiger partial charge is 0.504 e. The number of hydrogen-bond donors (Lipinski definition) is 4. The highest BCUT2D eigenvalue weighted by Crippen LogP contribution is 2.50. The van der Waals surface area contributed by atoms with E-state index in [1.807, 2.05) is 24.3 Å². The molecule has 0 aromatic heterocycles. The summed E-state index contributed by atoms with van der Waals surface area (Å²) in [4.78, 5) is 29.3. The van der Waals surface area contributed by atoms with E-state index in [1.54, 1.807) is 48.5 Å². The number of carbonyl (C=O) groups excluding carboxylic acids is 2. The Balaban J connectivity index is 1.24. The smallest absolute Gasteiger partial charge is 0.200 e. The van der Waals surface area contributed by atoms with E-state index in [9.17, 15) is 19.8 Å². The van der Waals surface area contributed by atoms with Gasteiger partial charge in [-0.25, -0.2) is 0 Å². The van der Waals surface area contributed by atoms with E-state index in [-0.39, 0.29) is 45.1 Å². The Bertz CT molecular complexity index is 2310. The maximum Gasteiger partial charge on any atom is 0.200 e. The van der Waals surface area contributed by atoms with Gasteiger partial charge < -0.3 is 40.2 Å². The van der Waals surface area contributed by atoms with Crippen LogP contribution in [0.2, 0.25) is 0 Å². The number of aromatic hydroxyl groups is 2. The topological polar surface area (TPSA) is 150 Å². The zero-order chi connectivity index (χ0) is 46.0. The summed E-state index contributed by atoms with van der Waals surface area (Å²) in [6.07, 6.45) is 20.9. The summed E-state index contributed by atoms with van der Waals surface area (Å²) in [7, 11) is 0. The van der Waals surface area contributed by atoms with Gasteiger partial charge in [0.1, 0.15) is 23.0 Å². The molecule has 0 aliphatic heterocycles. The second-order valence-corrected chi connectivity index (χ2v) is 17.1. The lowest BCUT2D eigenvalue weighted by atomic mass is 9.81. The first-order valence-electron chi connectivity index (χ1n) is 24.0. The first kappa shape index (κ1) is 48.3. The molecule has 10 nitrogen and oxygen atoms in total. The minimum atomic E-state index is -0.747. The van der Waals surface area contributed by atoms with E-state index >= 15 is 0 Å². The van der Waals surface area contributed by atoms with E-state index in [1.165, 1.54) is 94.7 Å². The number of nitrogen functional groups attached to an aromatic ring is 1. The highest BCUT2D eigenvalue weighted by molar-refractivity contribution is 6.34. The number of benzene rings is 5. The number of phenolic OH excluding ortho intramolecular Hbond substituents is 2. The maximum absolute atomic E-state index is 14.7. The summed E-state index contributed by atoms with van der Waals surface area (Å²) in [5, 5.41) is 26.8. The number of unbranched alkanes of at least 4 members (excludes halogenated alkanes) is 14. The van der Waals surface area contributed by atoms with Crippen molar-refractivity contribution in [3.05, 3.63) is 113 Å². The van der Waals surface area contributed by atoms with Crippen LogP contribution in [0, 0.1) is 0 Å². The van der Waals surface area contributed by atoms with Crippen molar-refractivity contribution in [2.45, 2.75) is 136 Å². The second-order valence-electron chi connectivity index (χ2n) is 17.1. The molecular weight excluding hydrogens is 817 g/mol. The summed E-state index contributed by atoms with van der Waals surface area (Å²) in [6, 6.07) is 24.7. The van der Waals surface area contributed by atoms with Crippen LogP contribution in [0.1, 0.15) is 167 Å². The van der Waals surface area contributed by atoms with Gasteiger partial charge in [0.25, 0.3) is 0 Å². The molecule has 346 valence electrons. The zero-order valence-electron chi connectivity index (χ0n) is 38.6. The summed E-state index contributed by atoms with van der Waals surface area (Å²) < 4.78 is 24.2. The molecule has 0 bridgehead atoms. The number of ketones is 2. The van der Waals surface area contributed by atoms with E-state index in [0.29, 0.717) is 41.9 Å². The van der Waals surface area contributed by atoms with Crippen molar-refractivity contribution in [2.24, 2.45) is 0 Å². The summed E-state index contributed by atoms with van der Waals surface area (Å²) in [5.41, 5.74) is 7.47. The Kier molecular flexibility index (Phi) is 18.4. The van der Waals surface area contributed by atoms with Crippen molar-refractivity contribution in [2.75, 3.05) is 24.3 Å². The fourth-order valence-corrected chi connectivity index (χ4v) is 8.19. The van der Waals surface area contributed by atoms with Gasteiger partial charge in [0.15, 0.2) is 23.0 Å². The van der Waals surface area contributed by atoms with Crippen LogP contribution in [0.3, 0.4) is 0 Å². The first-order chi connectivity index (χ1) is 31.7. The van der Waals surface area contributed by atoms with Crippen LogP contribution in [0.4, 0.5) is 17.1 Å². The van der Waals surface area contributed by atoms with Crippen molar-refractivity contribution in [1.29, 1.82) is 0 Å². The Hall–Kier alpha value is -6.16. The number of ether oxygens (including phenoxy) is 4. The Morgan fingerprint density at radius 2 is 0.892 bits per heavy atom. The van der Waals surface area contributed by atoms with Crippen molar-refractivity contribution < 1.29 is 38.7 Å². The number of carbonyl (C=O) groups is 2. The summed E-state index contributed by atoms with van der Waals surface area (Å²) in [5.74, 6) is -0.582. The van der Waals surface area contributed by atoms with E-state index in [0.717, 1.165) is 38.5 Å². The molecule has 5 N–H and O–H groups in total. The molecule has 5 aromatic rings. The number of nitrogens with two attached hydrogens (primary N) is 1. The van der Waals surface area contributed by atoms with E-state index in [2.05, 4.69) is 26.1 Å². The lowest BCUT2D eigenvalue weighted by Crippen LogP contribution is -2.24. The van der Waals surface area contributed by atoms with Crippen molar-refractivity contribution in [3.63, 3.8) is 0 Å². The fraction of sp³-hybridized carbons (Fsp3) is 0.418. The Morgan fingerprint density at radius 1 is 0.477 bits per heavy atom. The molecule has 0 amide bonds. The third-order valence-corrected chi connectivity index (χ3v) is 11.9. The number of aryl methyl sites for hydroxylation is 1. The van der Waals surface area contributed by atoms with Gasteiger partial charge in [-0.1, -0.05) is 123 Å². The summed E-state index contributed by atoms with van der Waals surface area (Å²) >= 11 is 0. The highest BCUT2D eigenvalue weighted by atomic mass is 16.5. The van der Waals surface area contributed by atoms with Gasteiger partial charge in [0, 0.05) is 23.5 Å². The van der Waals surface area contributed by atoms with Crippen LogP contribution >= 0.6 is 0 Å². The predicted octanol–water partition coefficient (Wildman–Crippen LogP) is 14.8. The number of phenols is 2. The van der Waals surface area contributed by atoms with Crippen LogP contribution in [0.25, 0.3) is 0 Å². The number of fused-ring (bicyclic) bond motifs is 2. The lowest BCUT2D eigenvalue weighted by molar-refractivity contribution is 0.0974. The molecule has 0 heterocycles. The molecule has 1 aliphatic rings. The minimum absolute atomic E-state index is 0.0533. The van der Waals surface area contributed by atoms with Gasteiger partial charge in [-0.15, -0.1) is 0 Å². The molecule has 0 fully saturated rings. The maximum atomic E-state index is 14.7. The van der Waals surface area contributed by atoms with Crippen molar-refractivity contribution in [1.82, 2.24) is 0 Å². The summed E-state index contributed by atoms with van der Waals surface area (Å²) in [6.45, 7) is 7.84. The molecule has 65 heavy (non-hydrogen) atoms. The molecule has 10 heteroatoms. The van der Waals surface area contributed by atoms with E-state index in [4.69, 9.17) is 24.7 Å². The molecular formula is C55H68N2O8. The molecule has 0 saturated carbocycles. The average molecular weight is 885 g/mol. The monoisotopic (exact) mass is 884 g/mol. The normalized spacial score (nSPS) is 11.9. The highest BCUT2D eigenvalue weighted by Gasteiger charge is 2.40. The third-order valence-electron chi connectivity index (χ3n) is 11.9. The number of hydrogen-bond acceptors (Lipinski definition) is 10. The second kappa shape index (κ2) is 24.8. The van der Waals surface area contributed by atoms with Gasteiger partial charge in [-0.2, -0.15) is 0 Å². The third kappa shape index (κ3) is 13.2. The molecule has 0 unspecified atom stereocenters. The SMILES string of the molecule is CCCCCCCCOc1ccc(Oc2cc(N)c3c(c2O)C(=O)c2c(Nc4ccc(CCCCCCC)cc4)cc(Oc4ccc(OCCCCCCCC)cc4)c(O)c2C3=O)cc1. The van der Waals surface area contributed by atoms with Crippen LogP contribution in [-0.2, 0) is 6.42 Å². The van der Waals surface area contributed by atoms with Crippen molar-refractivity contribution >= 4 is 28.6 Å². The Morgan fingerprint density at radius 3 is 1.40 bits per heavy atom. The molecule has 5 aromatic carbocycles. The number of nitrogens with one attached hydrogen (secondary N) is 1. The molecule has 0 radical (unpaired) electrons. The van der Waals surface area contributed by atoms with Gasteiger partial charge in [-0.05, 0) is 91.9 Å². The Labute approximate surface area is 385 Å². The van der Waals surface area contributed by atoms with E-state index < -0.39 is 23.1 Å². The molecule has 1 aliphatic carbocycles. The molecule has 0 spiro atoms. The van der Waals surface area contributed by atoms with Gasteiger partial charge >= 0.3 is 0 Å². The first-order valence-corrected chi connectivity index (χ1v) is 24.0. The number of anilines is 3. The van der Waals surface area contributed by atoms with Crippen LogP contribution in [0.5, 0.6) is 46.0 Å². The molecule has 0 atom stereocenters.